The predicted octanol–water partition coefficient (Wildman–Crippen LogP) is 4.36. The fourth-order valence-electron chi connectivity index (χ4n) is 3.37. The molecule has 0 unspecified atom stereocenters. The quantitative estimate of drug-likeness (QED) is 0.437. The molecule has 3 N–H and O–H groups in total. The SMILES string of the molecule is CCS(=O)(=O)c1ccc(SC)c(Nc2cc(Nc3ccc4c(c3)NC(=O)CC4)ncn2)c1. The third-order valence-corrected chi connectivity index (χ3v) is 7.65. The highest BCUT2D eigenvalue weighted by Gasteiger charge is 2.16. The number of thioether (sulfide) groups is 1. The summed E-state index contributed by atoms with van der Waals surface area (Å²) in [6, 6.07) is 12.6. The van der Waals surface area contributed by atoms with E-state index >= 15 is 0 Å². The topological polar surface area (TPSA) is 113 Å². The van der Waals surface area contributed by atoms with Gasteiger partial charge in [-0.05, 0) is 48.6 Å². The molecule has 1 aliphatic rings. The van der Waals surface area contributed by atoms with E-state index in [0.29, 0.717) is 23.7 Å². The van der Waals surface area contributed by atoms with Crippen molar-refractivity contribution in [2.24, 2.45) is 0 Å². The van der Waals surface area contributed by atoms with E-state index in [4.69, 9.17) is 0 Å². The molecule has 10 heteroatoms. The van der Waals surface area contributed by atoms with Crippen molar-refractivity contribution in [3.8, 4) is 0 Å². The summed E-state index contributed by atoms with van der Waals surface area (Å²) in [5, 5.41) is 9.32. The number of rotatable bonds is 7. The summed E-state index contributed by atoms with van der Waals surface area (Å²) in [4.78, 5) is 21.4. The molecule has 0 bridgehead atoms. The molecule has 1 aromatic heterocycles. The zero-order valence-electron chi connectivity index (χ0n) is 17.7. The number of anilines is 5. The van der Waals surface area contributed by atoms with Crippen LogP contribution in [0.4, 0.5) is 28.7 Å². The van der Waals surface area contributed by atoms with E-state index in [1.54, 1.807) is 31.2 Å². The lowest BCUT2D eigenvalue weighted by molar-refractivity contribution is -0.116. The maximum atomic E-state index is 12.3. The van der Waals surface area contributed by atoms with Crippen molar-refractivity contribution in [2.45, 2.75) is 29.6 Å². The highest BCUT2D eigenvalue weighted by Crippen LogP contribution is 2.32. The van der Waals surface area contributed by atoms with Gasteiger partial charge in [0.25, 0.3) is 0 Å². The second-order valence-corrected chi connectivity index (χ2v) is 10.4. The van der Waals surface area contributed by atoms with Crippen LogP contribution in [0.25, 0.3) is 0 Å². The summed E-state index contributed by atoms with van der Waals surface area (Å²) in [5.74, 6) is 1.14. The molecule has 0 saturated heterocycles. The first kappa shape index (κ1) is 22.1. The van der Waals surface area contributed by atoms with Crippen molar-refractivity contribution in [1.29, 1.82) is 0 Å². The Morgan fingerprint density at radius 3 is 2.56 bits per heavy atom. The molecule has 8 nitrogen and oxygen atoms in total. The molecule has 0 radical (unpaired) electrons. The van der Waals surface area contributed by atoms with Gasteiger partial charge in [0.05, 0.1) is 16.3 Å². The second kappa shape index (κ2) is 9.17. The van der Waals surface area contributed by atoms with Crippen LogP contribution in [0.3, 0.4) is 0 Å². The largest absolute Gasteiger partial charge is 0.340 e. The monoisotopic (exact) mass is 469 g/mol. The Hall–Kier alpha value is -3.11. The van der Waals surface area contributed by atoms with Crippen LogP contribution < -0.4 is 16.0 Å². The number of nitrogens with zero attached hydrogens (tertiary/aromatic N) is 2. The van der Waals surface area contributed by atoms with Crippen molar-refractivity contribution >= 4 is 56.2 Å². The molecule has 0 fully saturated rings. The van der Waals surface area contributed by atoms with Crippen molar-refractivity contribution in [3.63, 3.8) is 0 Å². The molecular formula is C22H23N5O3S2. The molecule has 0 atom stereocenters. The zero-order valence-corrected chi connectivity index (χ0v) is 19.3. The first-order chi connectivity index (χ1) is 15.4. The smallest absolute Gasteiger partial charge is 0.224 e. The summed E-state index contributed by atoms with van der Waals surface area (Å²) >= 11 is 1.51. The lowest BCUT2D eigenvalue weighted by atomic mass is 10.0. The van der Waals surface area contributed by atoms with Gasteiger partial charge in [-0.25, -0.2) is 18.4 Å². The third-order valence-electron chi connectivity index (χ3n) is 5.12. The summed E-state index contributed by atoms with van der Waals surface area (Å²) in [6.45, 7) is 1.62. The Kier molecular flexibility index (Phi) is 6.33. The average Bonchev–Trinajstić information content (AvgIpc) is 2.79. The van der Waals surface area contributed by atoms with Gasteiger partial charge in [-0.1, -0.05) is 13.0 Å². The third kappa shape index (κ3) is 4.86. The highest BCUT2D eigenvalue weighted by atomic mass is 32.2. The Balaban J connectivity index is 1.57. The molecule has 1 aliphatic heterocycles. The van der Waals surface area contributed by atoms with Gasteiger partial charge in [0.2, 0.25) is 5.91 Å². The van der Waals surface area contributed by atoms with Crippen molar-refractivity contribution in [1.82, 2.24) is 9.97 Å². The van der Waals surface area contributed by atoms with E-state index in [1.165, 1.54) is 18.1 Å². The fourth-order valence-corrected chi connectivity index (χ4v) is 4.81. The number of aryl methyl sites for hydroxylation is 1. The van der Waals surface area contributed by atoms with Gasteiger partial charge in [0.15, 0.2) is 9.84 Å². The lowest BCUT2D eigenvalue weighted by Crippen LogP contribution is -2.18. The maximum absolute atomic E-state index is 12.3. The van der Waals surface area contributed by atoms with Gasteiger partial charge in [-0.2, -0.15) is 0 Å². The van der Waals surface area contributed by atoms with E-state index in [2.05, 4.69) is 25.9 Å². The van der Waals surface area contributed by atoms with E-state index in [-0.39, 0.29) is 16.6 Å². The number of hydrogen-bond acceptors (Lipinski definition) is 8. The summed E-state index contributed by atoms with van der Waals surface area (Å²) in [5.41, 5.74) is 3.36. The molecule has 0 spiro atoms. The first-order valence-electron chi connectivity index (χ1n) is 10.1. The van der Waals surface area contributed by atoms with Crippen LogP contribution in [-0.4, -0.2) is 36.3 Å². The second-order valence-electron chi connectivity index (χ2n) is 7.22. The minimum Gasteiger partial charge on any atom is -0.340 e. The van der Waals surface area contributed by atoms with Gasteiger partial charge >= 0.3 is 0 Å². The minimum atomic E-state index is -3.32. The first-order valence-corrected chi connectivity index (χ1v) is 13.0. The molecule has 0 aliphatic carbocycles. The number of carbonyl (C=O) groups excluding carboxylic acids is 1. The number of hydrogen-bond donors (Lipinski definition) is 3. The minimum absolute atomic E-state index is 0.0140. The van der Waals surface area contributed by atoms with Crippen LogP contribution in [0.15, 0.2) is 58.6 Å². The molecule has 32 heavy (non-hydrogen) atoms. The van der Waals surface area contributed by atoms with E-state index in [9.17, 15) is 13.2 Å². The van der Waals surface area contributed by atoms with Crippen LogP contribution >= 0.6 is 11.8 Å². The normalized spacial score (nSPS) is 13.2. The molecule has 3 aromatic rings. The van der Waals surface area contributed by atoms with E-state index < -0.39 is 9.84 Å². The van der Waals surface area contributed by atoms with Crippen molar-refractivity contribution in [3.05, 3.63) is 54.4 Å². The van der Waals surface area contributed by atoms with Gasteiger partial charge in [0, 0.05) is 28.8 Å². The summed E-state index contributed by atoms with van der Waals surface area (Å²) < 4.78 is 24.6. The van der Waals surface area contributed by atoms with Crippen LogP contribution in [0.5, 0.6) is 0 Å². The van der Waals surface area contributed by atoms with Crippen molar-refractivity contribution < 1.29 is 13.2 Å². The zero-order chi connectivity index (χ0) is 22.7. The Labute approximate surface area is 191 Å². The van der Waals surface area contributed by atoms with Gasteiger partial charge < -0.3 is 16.0 Å². The number of nitrogens with one attached hydrogen (secondary N) is 3. The van der Waals surface area contributed by atoms with Crippen LogP contribution in [0.1, 0.15) is 18.9 Å². The summed E-state index contributed by atoms with van der Waals surface area (Å²) in [7, 11) is -3.32. The number of sulfone groups is 1. The molecule has 4 rings (SSSR count). The lowest BCUT2D eigenvalue weighted by Gasteiger charge is -2.18. The Morgan fingerprint density at radius 2 is 1.81 bits per heavy atom. The molecule has 1 amide bonds. The van der Waals surface area contributed by atoms with E-state index in [0.717, 1.165) is 28.3 Å². The molecule has 0 saturated carbocycles. The standard InChI is InChI=1S/C22H23N5O3S2/c1-3-32(29,30)16-7-8-19(31-2)18(11-16)26-21-12-20(23-13-24-21)25-15-6-4-14-5-9-22(28)27-17(14)10-15/h4,6-8,10-13H,3,5,9H2,1-2H3,(H,27,28)(H2,23,24,25,26). The maximum Gasteiger partial charge on any atom is 0.224 e. The van der Waals surface area contributed by atoms with Crippen LogP contribution in [-0.2, 0) is 21.1 Å². The average molecular weight is 470 g/mol. The Bertz CT molecular complexity index is 1280. The predicted molar refractivity (Wildman–Crippen MR) is 128 cm³/mol. The van der Waals surface area contributed by atoms with Crippen molar-refractivity contribution in [2.75, 3.05) is 28.0 Å². The number of fused-ring (bicyclic) bond motifs is 1. The molecule has 2 aromatic carbocycles. The van der Waals surface area contributed by atoms with Gasteiger partial charge in [0.1, 0.15) is 18.0 Å². The molecule has 166 valence electrons. The van der Waals surface area contributed by atoms with Gasteiger partial charge in [-0.3, -0.25) is 4.79 Å². The molecule has 2 heterocycles. The molecular weight excluding hydrogens is 446 g/mol. The highest BCUT2D eigenvalue weighted by molar-refractivity contribution is 7.98. The van der Waals surface area contributed by atoms with Crippen LogP contribution in [0.2, 0.25) is 0 Å². The summed E-state index contributed by atoms with van der Waals surface area (Å²) in [6.07, 6.45) is 4.58. The fraction of sp³-hybridized carbons (Fsp3) is 0.227. The number of aromatic nitrogens is 2. The number of carbonyl (C=O) groups is 1. The van der Waals surface area contributed by atoms with E-state index in [1.807, 2.05) is 24.5 Å². The van der Waals surface area contributed by atoms with Crippen LogP contribution in [0, 0.1) is 0 Å². The Morgan fingerprint density at radius 1 is 1.03 bits per heavy atom. The number of amides is 1. The number of benzene rings is 2. The van der Waals surface area contributed by atoms with Gasteiger partial charge in [-0.15, -0.1) is 11.8 Å².